The van der Waals surface area contributed by atoms with E-state index in [0.29, 0.717) is 40.7 Å². The number of carbonyl (C=O) groups excluding carboxylic acids is 2. The van der Waals surface area contributed by atoms with Gasteiger partial charge in [0, 0.05) is 17.4 Å². The third-order valence-corrected chi connectivity index (χ3v) is 7.99. The van der Waals surface area contributed by atoms with Crippen molar-refractivity contribution in [1.82, 2.24) is 0 Å². The predicted molar refractivity (Wildman–Crippen MR) is 142 cm³/mol. The molecule has 3 aromatic carbocycles. The Morgan fingerprint density at radius 3 is 2.20 bits per heavy atom. The summed E-state index contributed by atoms with van der Waals surface area (Å²) in [4.78, 5) is 26.8. The minimum Gasteiger partial charge on any atom is -0.493 e. The number of hydrogen-bond acceptors (Lipinski definition) is 9. The molecule has 3 aliphatic rings. The maximum absolute atomic E-state index is 13.4. The van der Waals surface area contributed by atoms with E-state index in [9.17, 15) is 9.59 Å². The molecule has 0 amide bonds. The van der Waals surface area contributed by atoms with Gasteiger partial charge >= 0.3 is 11.9 Å². The lowest BCUT2D eigenvalue weighted by Crippen LogP contribution is -2.29. The molecule has 1 saturated heterocycles. The first kappa shape index (κ1) is 25.9. The second-order valence-corrected chi connectivity index (χ2v) is 10.2. The van der Waals surface area contributed by atoms with Gasteiger partial charge in [-0.3, -0.25) is 4.79 Å². The average Bonchev–Trinajstić information content (AvgIpc) is 3.56. The lowest BCUT2D eigenvalue weighted by Gasteiger charge is -2.27. The molecule has 0 aromatic heterocycles. The van der Waals surface area contributed by atoms with Crippen LogP contribution in [0.1, 0.15) is 44.6 Å². The van der Waals surface area contributed by atoms with Gasteiger partial charge in [-0.25, -0.2) is 4.79 Å². The van der Waals surface area contributed by atoms with E-state index in [-0.39, 0.29) is 25.3 Å². The Morgan fingerprint density at radius 1 is 0.875 bits per heavy atom. The summed E-state index contributed by atoms with van der Waals surface area (Å²) < 4.78 is 40.0. The highest BCUT2D eigenvalue weighted by molar-refractivity contribution is 5.89. The zero-order chi connectivity index (χ0) is 28.0. The van der Waals surface area contributed by atoms with Crippen LogP contribution in [0.25, 0.3) is 0 Å². The van der Waals surface area contributed by atoms with Crippen molar-refractivity contribution in [3.63, 3.8) is 0 Å². The van der Waals surface area contributed by atoms with Crippen molar-refractivity contribution in [2.45, 2.75) is 25.4 Å². The number of ether oxygens (including phenoxy) is 7. The van der Waals surface area contributed by atoms with Crippen molar-refractivity contribution < 1.29 is 42.7 Å². The second kappa shape index (κ2) is 10.3. The van der Waals surface area contributed by atoms with E-state index >= 15 is 0 Å². The molecule has 1 fully saturated rings. The summed E-state index contributed by atoms with van der Waals surface area (Å²) in [5.74, 6) is 0.428. The fourth-order valence-electron chi connectivity index (χ4n) is 5.99. The molecule has 2 aliphatic heterocycles. The van der Waals surface area contributed by atoms with Gasteiger partial charge in [-0.15, -0.1) is 0 Å². The number of methoxy groups -OCH3 is 3. The van der Waals surface area contributed by atoms with Crippen molar-refractivity contribution >= 4 is 11.9 Å². The lowest BCUT2D eigenvalue weighted by atomic mass is 9.77. The molecule has 0 spiro atoms. The SMILES string of the molecule is COc1cc(C2Cc3cc4c(cc3C(OC(=O)c3ccc(C)cc3)C3COC(=O)C23)OCO4)cc(OC)c1OC. The molecule has 0 N–H and O–H groups in total. The van der Waals surface area contributed by atoms with Crippen LogP contribution in [0.2, 0.25) is 0 Å². The summed E-state index contributed by atoms with van der Waals surface area (Å²) in [6.07, 6.45) is -0.291. The van der Waals surface area contributed by atoms with Crippen LogP contribution in [0.15, 0.2) is 48.5 Å². The summed E-state index contributed by atoms with van der Waals surface area (Å²) in [6.45, 7) is 2.18. The molecule has 4 atom stereocenters. The summed E-state index contributed by atoms with van der Waals surface area (Å²) in [6, 6.07) is 14.7. The number of hydrogen-bond donors (Lipinski definition) is 0. The Hall–Kier alpha value is -4.40. The highest BCUT2D eigenvalue weighted by Crippen LogP contribution is 2.53. The van der Waals surface area contributed by atoms with Crippen LogP contribution in [0.5, 0.6) is 28.7 Å². The molecule has 6 rings (SSSR count). The summed E-state index contributed by atoms with van der Waals surface area (Å²) in [5, 5.41) is 0. The molecule has 9 heteroatoms. The number of carbonyl (C=O) groups is 2. The molecule has 9 nitrogen and oxygen atoms in total. The minimum absolute atomic E-state index is 0.107. The van der Waals surface area contributed by atoms with Crippen LogP contribution < -0.4 is 23.7 Å². The average molecular weight is 547 g/mol. The largest absolute Gasteiger partial charge is 0.493 e. The van der Waals surface area contributed by atoms with Gasteiger partial charge in [0.2, 0.25) is 12.5 Å². The second-order valence-electron chi connectivity index (χ2n) is 10.2. The first-order chi connectivity index (χ1) is 19.4. The number of esters is 2. The molecule has 2 heterocycles. The van der Waals surface area contributed by atoms with Gasteiger partial charge in [0.05, 0.1) is 39.4 Å². The van der Waals surface area contributed by atoms with E-state index < -0.39 is 23.9 Å². The molecular formula is C31H30O9. The topological polar surface area (TPSA) is 98.8 Å². The molecule has 40 heavy (non-hydrogen) atoms. The third-order valence-electron chi connectivity index (χ3n) is 7.99. The zero-order valence-electron chi connectivity index (χ0n) is 22.7. The molecule has 1 aliphatic carbocycles. The van der Waals surface area contributed by atoms with Crippen molar-refractivity contribution in [2.24, 2.45) is 11.8 Å². The molecule has 0 bridgehead atoms. The number of fused-ring (bicyclic) bond motifs is 3. The molecule has 0 radical (unpaired) electrons. The zero-order valence-corrected chi connectivity index (χ0v) is 22.7. The van der Waals surface area contributed by atoms with Crippen LogP contribution in [-0.4, -0.2) is 46.7 Å². The van der Waals surface area contributed by atoms with Gasteiger partial charge in [-0.1, -0.05) is 17.7 Å². The smallest absolute Gasteiger partial charge is 0.338 e. The molecule has 208 valence electrons. The Labute approximate surface area is 231 Å². The van der Waals surface area contributed by atoms with Crippen LogP contribution in [-0.2, 0) is 20.7 Å². The Balaban J connectivity index is 1.48. The van der Waals surface area contributed by atoms with Crippen molar-refractivity contribution in [2.75, 3.05) is 34.7 Å². The van der Waals surface area contributed by atoms with E-state index in [1.54, 1.807) is 33.5 Å². The van der Waals surface area contributed by atoms with Crippen LogP contribution in [0.3, 0.4) is 0 Å². The van der Waals surface area contributed by atoms with Crippen molar-refractivity contribution in [1.29, 1.82) is 0 Å². The summed E-state index contributed by atoms with van der Waals surface area (Å²) in [5.41, 5.74) is 3.95. The summed E-state index contributed by atoms with van der Waals surface area (Å²) >= 11 is 0. The van der Waals surface area contributed by atoms with Gasteiger partial charge in [-0.05, 0) is 60.9 Å². The van der Waals surface area contributed by atoms with Crippen LogP contribution >= 0.6 is 0 Å². The standard InChI is InChI=1S/C31H30O9/c1-16-5-7-17(8-6-16)30(32)40-28-21-13-24-23(38-15-39-24)10-18(21)9-20(27-22(28)14-37-31(27)33)19-11-25(34-2)29(36-4)26(12-19)35-3/h5-8,10-13,20,22,27-28H,9,14-15H2,1-4H3. The quantitative estimate of drug-likeness (QED) is 0.405. The van der Waals surface area contributed by atoms with Crippen LogP contribution in [0, 0.1) is 18.8 Å². The maximum atomic E-state index is 13.4. The first-order valence-electron chi connectivity index (χ1n) is 13.1. The first-order valence-corrected chi connectivity index (χ1v) is 13.1. The van der Waals surface area contributed by atoms with E-state index in [1.165, 1.54) is 0 Å². The highest BCUT2D eigenvalue weighted by Gasteiger charge is 2.51. The van der Waals surface area contributed by atoms with Crippen molar-refractivity contribution in [3.8, 4) is 28.7 Å². The van der Waals surface area contributed by atoms with Crippen molar-refractivity contribution in [3.05, 3.63) is 76.3 Å². The van der Waals surface area contributed by atoms with E-state index in [2.05, 4.69) is 0 Å². The number of benzene rings is 3. The molecule has 0 saturated carbocycles. The minimum atomic E-state index is -0.748. The van der Waals surface area contributed by atoms with E-state index in [4.69, 9.17) is 33.2 Å². The normalized spacial score (nSPS) is 22.4. The van der Waals surface area contributed by atoms with Crippen LogP contribution in [0.4, 0.5) is 0 Å². The van der Waals surface area contributed by atoms with Gasteiger partial charge in [0.25, 0.3) is 0 Å². The Kier molecular flexibility index (Phi) is 6.65. The lowest BCUT2D eigenvalue weighted by molar-refractivity contribution is -0.141. The fourth-order valence-corrected chi connectivity index (χ4v) is 5.99. The number of aryl methyl sites for hydroxylation is 1. The maximum Gasteiger partial charge on any atom is 0.338 e. The highest BCUT2D eigenvalue weighted by atomic mass is 16.7. The fraction of sp³-hybridized carbons (Fsp3) is 0.355. The van der Waals surface area contributed by atoms with E-state index in [0.717, 1.165) is 22.3 Å². The summed E-state index contributed by atoms with van der Waals surface area (Å²) in [7, 11) is 4.65. The Morgan fingerprint density at radius 2 is 1.55 bits per heavy atom. The Bertz CT molecular complexity index is 1440. The monoisotopic (exact) mass is 546 g/mol. The van der Waals surface area contributed by atoms with E-state index in [1.807, 2.05) is 43.3 Å². The van der Waals surface area contributed by atoms with Gasteiger partial charge in [-0.2, -0.15) is 0 Å². The van der Waals surface area contributed by atoms with Gasteiger partial charge < -0.3 is 33.2 Å². The molecule has 4 unspecified atom stereocenters. The van der Waals surface area contributed by atoms with Gasteiger partial charge in [0.15, 0.2) is 23.0 Å². The van der Waals surface area contributed by atoms with Gasteiger partial charge in [0.1, 0.15) is 6.10 Å². The number of cyclic esters (lactones) is 1. The third kappa shape index (κ3) is 4.35. The molecular weight excluding hydrogens is 516 g/mol. The predicted octanol–water partition coefficient (Wildman–Crippen LogP) is 4.78. The number of rotatable bonds is 6. The molecule has 3 aromatic rings.